The number of pyridine rings is 1. The summed E-state index contributed by atoms with van der Waals surface area (Å²) in [5.74, 6) is -6.18. The molecule has 2 aliphatic heterocycles. The molecule has 2 saturated heterocycles. The molecule has 2 N–H and O–H groups in total. The number of piperidine rings is 1. The van der Waals surface area contributed by atoms with Crippen LogP contribution in [0.25, 0.3) is 0 Å². The largest absolute Gasteiger partial charge is 0.393 e. The highest BCUT2D eigenvalue weighted by atomic mass is 19.3. The molecule has 4 rings (SSSR count). The van der Waals surface area contributed by atoms with Gasteiger partial charge in [-0.25, -0.2) is 9.37 Å². The van der Waals surface area contributed by atoms with Crippen molar-refractivity contribution in [2.24, 2.45) is 0 Å². The molecule has 2 fully saturated rings. The number of benzene rings is 1. The summed E-state index contributed by atoms with van der Waals surface area (Å²) >= 11 is 0. The standard InChI is InChI=1S/C22H23F4N3O2/c1-12-6-14(8-20(24)27-12)28-21(31)13-2-5-19(23)18(7-13)22(25,26)11-29-15-3-4-16(29)10-17(30)9-15/h2,5-8,15-17,30H,3-4,9-11H2,1H3,(H,27,28,31)/t15-,16+,17+. The molecule has 2 bridgehead atoms. The molecule has 0 spiro atoms. The van der Waals surface area contributed by atoms with Crippen LogP contribution in [0.2, 0.25) is 0 Å². The molecular formula is C22H23F4N3O2. The first-order valence-electron chi connectivity index (χ1n) is 10.2. The number of halogens is 4. The van der Waals surface area contributed by atoms with E-state index < -0.39 is 41.8 Å². The average Bonchev–Trinajstić information content (AvgIpc) is 2.90. The summed E-state index contributed by atoms with van der Waals surface area (Å²) < 4.78 is 58.0. The van der Waals surface area contributed by atoms with E-state index in [4.69, 9.17) is 0 Å². The Labute approximate surface area is 177 Å². The van der Waals surface area contributed by atoms with Gasteiger partial charge in [-0.15, -0.1) is 0 Å². The number of amides is 1. The Kier molecular flexibility index (Phi) is 5.74. The lowest BCUT2D eigenvalue weighted by molar-refractivity contribution is -0.0720. The van der Waals surface area contributed by atoms with Crippen molar-refractivity contribution in [3.8, 4) is 0 Å². The summed E-state index contributed by atoms with van der Waals surface area (Å²) in [7, 11) is 0. The fourth-order valence-corrected chi connectivity index (χ4v) is 4.67. The average molecular weight is 437 g/mol. The van der Waals surface area contributed by atoms with Crippen molar-refractivity contribution in [3.05, 3.63) is 58.9 Å². The zero-order chi connectivity index (χ0) is 22.3. The lowest BCUT2D eigenvalue weighted by atomic mass is 9.97. The highest BCUT2D eigenvalue weighted by Gasteiger charge is 2.46. The third-order valence-electron chi connectivity index (χ3n) is 6.04. The Morgan fingerprint density at radius 2 is 1.87 bits per heavy atom. The molecule has 3 atom stereocenters. The quantitative estimate of drug-likeness (QED) is 0.548. The van der Waals surface area contributed by atoms with Crippen LogP contribution in [0.1, 0.15) is 47.3 Å². The number of carbonyl (C=O) groups is 1. The zero-order valence-electron chi connectivity index (χ0n) is 16.9. The van der Waals surface area contributed by atoms with E-state index in [9.17, 15) is 18.7 Å². The van der Waals surface area contributed by atoms with Crippen LogP contribution in [0.3, 0.4) is 0 Å². The van der Waals surface area contributed by atoms with Crippen molar-refractivity contribution in [2.45, 2.75) is 56.7 Å². The summed E-state index contributed by atoms with van der Waals surface area (Å²) in [6.07, 6.45) is 1.82. The Morgan fingerprint density at radius 1 is 1.19 bits per heavy atom. The van der Waals surface area contributed by atoms with Gasteiger partial charge in [-0.2, -0.15) is 13.2 Å². The van der Waals surface area contributed by atoms with Crippen molar-refractivity contribution >= 4 is 11.6 Å². The molecule has 0 radical (unpaired) electrons. The van der Waals surface area contributed by atoms with Crippen molar-refractivity contribution in [1.82, 2.24) is 9.88 Å². The van der Waals surface area contributed by atoms with Gasteiger partial charge in [-0.05, 0) is 56.9 Å². The number of aryl methyl sites for hydroxylation is 1. The van der Waals surface area contributed by atoms with Gasteiger partial charge in [-0.1, -0.05) is 0 Å². The van der Waals surface area contributed by atoms with Gasteiger partial charge in [0.15, 0.2) is 0 Å². The third kappa shape index (κ3) is 4.57. The SMILES string of the molecule is Cc1cc(NC(=O)c2ccc(F)c(C(F)(F)CN3[C@@H]4CC[C@H]3C[C@@H](O)C4)c2)cc(F)n1. The Morgan fingerprint density at radius 3 is 2.52 bits per heavy atom. The van der Waals surface area contributed by atoms with Crippen LogP contribution in [-0.2, 0) is 5.92 Å². The predicted molar refractivity (Wildman–Crippen MR) is 106 cm³/mol. The number of carbonyl (C=O) groups excluding carboxylic acids is 1. The van der Waals surface area contributed by atoms with E-state index in [-0.39, 0.29) is 23.3 Å². The molecule has 1 aromatic carbocycles. The second-order valence-corrected chi connectivity index (χ2v) is 8.36. The topological polar surface area (TPSA) is 65.5 Å². The van der Waals surface area contributed by atoms with Gasteiger partial charge < -0.3 is 10.4 Å². The van der Waals surface area contributed by atoms with E-state index in [1.807, 2.05) is 0 Å². The second kappa shape index (κ2) is 8.20. The van der Waals surface area contributed by atoms with E-state index in [0.29, 0.717) is 18.5 Å². The first-order chi connectivity index (χ1) is 14.6. The van der Waals surface area contributed by atoms with Gasteiger partial charge in [0.2, 0.25) is 5.95 Å². The van der Waals surface area contributed by atoms with Crippen LogP contribution in [0.15, 0.2) is 30.3 Å². The number of rotatable bonds is 5. The maximum absolute atomic E-state index is 15.1. The number of alkyl halides is 2. The minimum Gasteiger partial charge on any atom is -0.393 e. The number of aromatic nitrogens is 1. The zero-order valence-corrected chi connectivity index (χ0v) is 16.9. The minimum absolute atomic E-state index is 0.121. The molecule has 3 heterocycles. The normalized spacial score (nSPS) is 23.7. The van der Waals surface area contributed by atoms with Crippen LogP contribution in [0.4, 0.5) is 23.2 Å². The lowest BCUT2D eigenvalue weighted by Gasteiger charge is -2.39. The summed E-state index contributed by atoms with van der Waals surface area (Å²) in [5.41, 5.74) is -0.565. The lowest BCUT2D eigenvalue weighted by Crippen LogP contribution is -2.49. The van der Waals surface area contributed by atoms with Gasteiger partial charge in [0.25, 0.3) is 11.8 Å². The first kappa shape index (κ1) is 21.7. The fourth-order valence-electron chi connectivity index (χ4n) is 4.67. The molecule has 9 heteroatoms. The number of aliphatic hydroxyl groups excluding tert-OH is 1. The molecule has 166 valence electrons. The van der Waals surface area contributed by atoms with Crippen LogP contribution >= 0.6 is 0 Å². The highest BCUT2D eigenvalue weighted by molar-refractivity contribution is 6.04. The van der Waals surface area contributed by atoms with Crippen LogP contribution in [0.5, 0.6) is 0 Å². The fraction of sp³-hybridized carbons (Fsp3) is 0.455. The van der Waals surface area contributed by atoms with Gasteiger partial charge in [0.1, 0.15) is 5.82 Å². The maximum atomic E-state index is 15.1. The van der Waals surface area contributed by atoms with Crippen molar-refractivity contribution in [3.63, 3.8) is 0 Å². The van der Waals surface area contributed by atoms with E-state index in [1.165, 1.54) is 6.07 Å². The number of hydrogen-bond acceptors (Lipinski definition) is 4. The summed E-state index contributed by atoms with van der Waals surface area (Å²) in [4.78, 5) is 17.7. The summed E-state index contributed by atoms with van der Waals surface area (Å²) in [6.45, 7) is 0.869. The number of nitrogens with zero attached hydrogens (tertiary/aromatic N) is 2. The molecule has 1 amide bonds. The molecule has 1 aromatic heterocycles. The number of anilines is 1. The van der Waals surface area contributed by atoms with Gasteiger partial charge in [0.05, 0.1) is 18.2 Å². The number of hydrogen-bond donors (Lipinski definition) is 2. The minimum atomic E-state index is -3.52. The maximum Gasteiger partial charge on any atom is 0.288 e. The van der Waals surface area contributed by atoms with E-state index in [1.54, 1.807) is 11.8 Å². The third-order valence-corrected chi connectivity index (χ3v) is 6.04. The highest BCUT2D eigenvalue weighted by Crippen LogP contribution is 2.40. The molecular weight excluding hydrogens is 414 g/mol. The molecule has 0 saturated carbocycles. The molecule has 31 heavy (non-hydrogen) atoms. The van der Waals surface area contributed by atoms with E-state index in [2.05, 4.69) is 10.3 Å². The predicted octanol–water partition coefficient (Wildman–Crippen LogP) is 4.00. The van der Waals surface area contributed by atoms with Gasteiger partial charge >= 0.3 is 0 Å². The Bertz CT molecular complexity index is 966. The van der Waals surface area contributed by atoms with Crippen LogP contribution in [-0.4, -0.2) is 45.6 Å². The number of nitrogens with one attached hydrogen (secondary N) is 1. The van der Waals surface area contributed by atoms with Crippen LogP contribution in [0, 0.1) is 18.7 Å². The number of fused-ring (bicyclic) bond motifs is 2. The molecule has 0 unspecified atom stereocenters. The summed E-state index contributed by atoms with van der Waals surface area (Å²) in [6, 6.07) is 4.92. The molecule has 0 aliphatic carbocycles. The summed E-state index contributed by atoms with van der Waals surface area (Å²) in [5, 5.41) is 12.3. The van der Waals surface area contributed by atoms with E-state index >= 15 is 8.78 Å². The van der Waals surface area contributed by atoms with Gasteiger partial charge in [-0.3, -0.25) is 9.69 Å². The Balaban J connectivity index is 1.54. The van der Waals surface area contributed by atoms with Crippen molar-refractivity contribution in [2.75, 3.05) is 11.9 Å². The second-order valence-electron chi connectivity index (χ2n) is 8.36. The van der Waals surface area contributed by atoms with Crippen molar-refractivity contribution in [1.29, 1.82) is 0 Å². The molecule has 2 aromatic rings. The van der Waals surface area contributed by atoms with E-state index in [0.717, 1.165) is 37.1 Å². The first-order valence-corrected chi connectivity index (χ1v) is 10.2. The molecule has 2 aliphatic rings. The molecule has 5 nitrogen and oxygen atoms in total. The smallest absolute Gasteiger partial charge is 0.288 e. The van der Waals surface area contributed by atoms with Gasteiger partial charge in [0, 0.05) is 35.1 Å². The number of aliphatic hydroxyl groups is 1. The monoisotopic (exact) mass is 437 g/mol. The van der Waals surface area contributed by atoms with Crippen LogP contribution < -0.4 is 5.32 Å². The Hall–Kier alpha value is -2.52. The van der Waals surface area contributed by atoms with Crippen molar-refractivity contribution < 1.29 is 27.5 Å².